The van der Waals surface area contributed by atoms with E-state index in [1.807, 2.05) is 0 Å². The number of pyridine rings is 1. The second kappa shape index (κ2) is 5.37. The van der Waals surface area contributed by atoms with Crippen molar-refractivity contribution in [1.29, 1.82) is 0 Å². The third-order valence-corrected chi connectivity index (χ3v) is 2.90. The van der Waals surface area contributed by atoms with Crippen molar-refractivity contribution in [1.82, 2.24) is 4.98 Å². The van der Waals surface area contributed by atoms with Crippen LogP contribution in [0, 0.1) is 3.70 Å². The summed E-state index contributed by atoms with van der Waals surface area (Å²) in [7, 11) is 1.19. The van der Waals surface area contributed by atoms with Gasteiger partial charge in [0.05, 0.1) is 25.4 Å². The molecule has 1 aromatic heterocycles. The molecule has 88 valence electrons. The Morgan fingerprint density at radius 3 is 2.81 bits per heavy atom. The number of nitrogens with zero attached hydrogens (tertiary/aromatic N) is 1. The molecule has 0 aliphatic carbocycles. The smallest absolute Gasteiger partial charge is 0.310 e. The molecule has 16 heavy (non-hydrogen) atoms. The minimum absolute atomic E-state index is 0.116. The van der Waals surface area contributed by atoms with Gasteiger partial charge in [-0.05, 0) is 22.6 Å². The second-order valence-electron chi connectivity index (χ2n) is 2.95. The van der Waals surface area contributed by atoms with Crippen LogP contribution in [0.5, 0.6) is 0 Å². The van der Waals surface area contributed by atoms with E-state index in [1.165, 1.54) is 7.11 Å². The van der Waals surface area contributed by atoms with Crippen LogP contribution in [0.1, 0.15) is 17.6 Å². The van der Waals surface area contributed by atoms with E-state index >= 15 is 0 Å². The molecule has 0 unspecified atom stereocenters. The highest BCUT2D eigenvalue weighted by Gasteiger charge is 2.21. The van der Waals surface area contributed by atoms with Crippen LogP contribution < -0.4 is 5.73 Å². The van der Waals surface area contributed by atoms with Gasteiger partial charge >= 0.3 is 5.97 Å². The molecule has 7 heteroatoms. The number of rotatable bonds is 3. The van der Waals surface area contributed by atoms with Crippen molar-refractivity contribution in [3.8, 4) is 0 Å². The van der Waals surface area contributed by atoms with E-state index < -0.39 is 12.4 Å². The highest BCUT2D eigenvalue weighted by atomic mass is 127. The van der Waals surface area contributed by atoms with E-state index in [4.69, 9.17) is 5.73 Å². The third-order valence-electron chi connectivity index (χ3n) is 1.97. The molecule has 0 radical (unpaired) electrons. The molecule has 0 saturated heterocycles. The molecule has 1 aromatic rings. The lowest BCUT2D eigenvalue weighted by molar-refractivity contribution is -0.139. The molecule has 1 heterocycles. The van der Waals surface area contributed by atoms with Crippen LogP contribution in [0.4, 0.5) is 14.5 Å². The average Bonchev–Trinajstić information content (AvgIpc) is 2.22. The maximum Gasteiger partial charge on any atom is 0.310 e. The molecule has 2 N–H and O–H groups in total. The van der Waals surface area contributed by atoms with Crippen LogP contribution in [-0.4, -0.2) is 18.1 Å². The van der Waals surface area contributed by atoms with E-state index in [-0.39, 0.29) is 23.2 Å². The first-order valence-electron chi connectivity index (χ1n) is 4.25. The Hall–Kier alpha value is -0.990. The third kappa shape index (κ3) is 2.77. The molecule has 0 saturated carbocycles. The van der Waals surface area contributed by atoms with E-state index in [0.717, 1.165) is 6.20 Å². The zero-order valence-corrected chi connectivity index (χ0v) is 10.5. The van der Waals surface area contributed by atoms with E-state index in [0.29, 0.717) is 3.70 Å². The molecule has 1 rings (SSSR count). The lowest BCUT2D eigenvalue weighted by Gasteiger charge is -2.11. The zero-order chi connectivity index (χ0) is 12.3. The van der Waals surface area contributed by atoms with Gasteiger partial charge in [-0.15, -0.1) is 0 Å². The maximum atomic E-state index is 12.8. The number of halogens is 3. The van der Waals surface area contributed by atoms with Gasteiger partial charge in [-0.25, -0.2) is 13.8 Å². The molecule has 0 fully saturated rings. The van der Waals surface area contributed by atoms with Crippen LogP contribution in [0.25, 0.3) is 0 Å². The van der Waals surface area contributed by atoms with Gasteiger partial charge in [0.25, 0.3) is 6.43 Å². The first-order valence-corrected chi connectivity index (χ1v) is 5.33. The predicted molar refractivity (Wildman–Crippen MR) is 62.0 cm³/mol. The lowest BCUT2D eigenvalue weighted by atomic mass is 10.1. The summed E-state index contributed by atoms with van der Waals surface area (Å²) in [6.07, 6.45) is -1.84. The van der Waals surface area contributed by atoms with Gasteiger partial charge in [-0.3, -0.25) is 4.79 Å². The summed E-state index contributed by atoms with van der Waals surface area (Å²) in [5, 5.41) is 0. The summed E-state index contributed by atoms with van der Waals surface area (Å²) in [5.74, 6) is -0.604. The molecule has 0 amide bonds. The Morgan fingerprint density at radius 2 is 2.31 bits per heavy atom. The van der Waals surface area contributed by atoms with Crippen molar-refractivity contribution in [3.63, 3.8) is 0 Å². The zero-order valence-electron chi connectivity index (χ0n) is 8.34. The fraction of sp³-hybridized carbons (Fsp3) is 0.333. The topological polar surface area (TPSA) is 65.2 Å². The summed E-state index contributed by atoms with van der Waals surface area (Å²) in [4.78, 5) is 14.9. The number of carbonyl (C=O) groups is 1. The first kappa shape index (κ1) is 13.1. The highest BCUT2D eigenvalue weighted by molar-refractivity contribution is 14.1. The number of alkyl halides is 2. The molecule has 4 nitrogen and oxygen atoms in total. The fourth-order valence-corrected chi connectivity index (χ4v) is 1.82. The van der Waals surface area contributed by atoms with E-state index in [9.17, 15) is 13.6 Å². The average molecular weight is 342 g/mol. The van der Waals surface area contributed by atoms with Crippen molar-refractivity contribution in [2.45, 2.75) is 12.8 Å². The van der Waals surface area contributed by atoms with Crippen molar-refractivity contribution in [3.05, 3.63) is 21.0 Å². The normalized spacial score (nSPS) is 10.6. The van der Waals surface area contributed by atoms with Crippen LogP contribution in [0.3, 0.4) is 0 Å². The lowest BCUT2D eigenvalue weighted by Crippen LogP contribution is -2.12. The number of carbonyl (C=O) groups excluding carboxylic acids is 1. The Bertz CT molecular complexity index is 413. The Kier molecular flexibility index (Phi) is 4.39. The van der Waals surface area contributed by atoms with Gasteiger partial charge in [-0.1, -0.05) is 0 Å². The molecule has 0 aliphatic rings. The number of hydrogen-bond donors (Lipinski definition) is 1. The van der Waals surface area contributed by atoms with Crippen LogP contribution in [-0.2, 0) is 16.0 Å². The van der Waals surface area contributed by atoms with E-state index in [1.54, 1.807) is 22.6 Å². The van der Waals surface area contributed by atoms with Gasteiger partial charge in [0.15, 0.2) is 0 Å². The summed E-state index contributed by atoms with van der Waals surface area (Å²) in [5.41, 5.74) is 5.08. The number of esters is 1. The van der Waals surface area contributed by atoms with Gasteiger partial charge in [0, 0.05) is 11.1 Å². The summed E-state index contributed by atoms with van der Waals surface area (Å²) >= 11 is 1.78. The number of nitrogens with two attached hydrogens (primary N) is 1. The standard InChI is InChI=1S/C9H9F2IN2O2/c1-16-6(15)2-4-7(8(10)11)5(13)3-14-9(4)12/h3,8H,2,13H2,1H3. The number of ether oxygens (including phenoxy) is 1. The fourth-order valence-electron chi connectivity index (χ4n) is 1.20. The van der Waals surface area contributed by atoms with Crippen molar-refractivity contribution < 1.29 is 18.3 Å². The number of anilines is 1. The molecular weight excluding hydrogens is 333 g/mol. The molecule has 0 aromatic carbocycles. The molecule has 0 bridgehead atoms. The number of hydrogen-bond acceptors (Lipinski definition) is 4. The summed E-state index contributed by atoms with van der Waals surface area (Å²) < 4.78 is 30.3. The predicted octanol–water partition coefficient (Wildman–Crippen LogP) is 1.92. The van der Waals surface area contributed by atoms with Crippen LogP contribution in [0.2, 0.25) is 0 Å². The number of aromatic nitrogens is 1. The van der Waals surface area contributed by atoms with Crippen LogP contribution in [0.15, 0.2) is 6.20 Å². The van der Waals surface area contributed by atoms with Gasteiger partial charge in [-0.2, -0.15) is 0 Å². The molecule has 0 aliphatic heterocycles. The summed E-state index contributed by atoms with van der Waals surface area (Å²) in [6.45, 7) is 0. The Balaban J connectivity index is 3.23. The monoisotopic (exact) mass is 342 g/mol. The quantitative estimate of drug-likeness (QED) is 0.518. The number of methoxy groups -OCH3 is 1. The minimum atomic E-state index is -2.74. The maximum absolute atomic E-state index is 12.8. The Morgan fingerprint density at radius 1 is 1.69 bits per heavy atom. The Labute approximate surface area is 104 Å². The highest BCUT2D eigenvalue weighted by Crippen LogP contribution is 2.30. The van der Waals surface area contributed by atoms with E-state index in [2.05, 4.69) is 9.72 Å². The second-order valence-corrected chi connectivity index (χ2v) is 3.97. The van der Waals surface area contributed by atoms with Gasteiger partial charge in [0.1, 0.15) is 3.70 Å². The molecular formula is C9H9F2IN2O2. The van der Waals surface area contributed by atoms with Gasteiger partial charge in [0.2, 0.25) is 0 Å². The molecule has 0 atom stereocenters. The van der Waals surface area contributed by atoms with Crippen molar-refractivity contribution >= 4 is 34.2 Å². The van der Waals surface area contributed by atoms with Crippen molar-refractivity contribution in [2.24, 2.45) is 0 Å². The van der Waals surface area contributed by atoms with Crippen LogP contribution >= 0.6 is 22.6 Å². The van der Waals surface area contributed by atoms with Crippen molar-refractivity contribution in [2.75, 3.05) is 12.8 Å². The summed E-state index contributed by atoms with van der Waals surface area (Å²) in [6, 6.07) is 0. The first-order chi connectivity index (χ1) is 7.47. The number of nitrogen functional groups attached to an aromatic ring is 1. The molecule has 0 spiro atoms. The largest absolute Gasteiger partial charge is 0.469 e. The minimum Gasteiger partial charge on any atom is -0.469 e. The SMILES string of the molecule is COC(=O)Cc1c(I)ncc(N)c1C(F)F. The van der Waals surface area contributed by atoms with Gasteiger partial charge < -0.3 is 10.5 Å².